The number of rotatable bonds is 4. The second-order valence-electron chi connectivity index (χ2n) is 5.16. The Morgan fingerprint density at radius 3 is 2.89 bits per heavy atom. The average molecular weight is 251 g/mol. The fourth-order valence-electron chi connectivity index (χ4n) is 2.32. The van der Waals surface area contributed by atoms with Gasteiger partial charge in [-0.3, -0.25) is 4.79 Å². The van der Waals surface area contributed by atoms with Crippen LogP contribution in [0.15, 0.2) is 10.6 Å². The van der Waals surface area contributed by atoms with Crippen molar-refractivity contribution in [3.05, 3.63) is 11.8 Å². The number of aryl methyl sites for hydroxylation is 1. The Labute approximate surface area is 108 Å². The molecule has 0 spiro atoms. The van der Waals surface area contributed by atoms with E-state index in [1.165, 1.54) is 12.8 Å². The molecule has 1 saturated heterocycles. The second-order valence-corrected chi connectivity index (χ2v) is 5.16. The van der Waals surface area contributed by atoms with E-state index in [-0.39, 0.29) is 5.91 Å². The maximum absolute atomic E-state index is 11.7. The lowest BCUT2D eigenvalue weighted by Gasteiger charge is -2.28. The van der Waals surface area contributed by atoms with E-state index < -0.39 is 0 Å². The van der Waals surface area contributed by atoms with Crippen molar-refractivity contribution in [2.24, 2.45) is 5.92 Å². The molecule has 100 valence electrons. The topological polar surface area (TPSA) is 58.4 Å². The van der Waals surface area contributed by atoms with Crippen LogP contribution < -0.4 is 5.32 Å². The first-order valence-corrected chi connectivity index (χ1v) is 6.55. The van der Waals surface area contributed by atoms with E-state index in [0.717, 1.165) is 19.5 Å². The first-order valence-electron chi connectivity index (χ1n) is 6.55. The SMILES string of the molecule is Cc1cc(NC(=O)CCC2CCN(C)CC2)no1. The molecule has 0 saturated carbocycles. The van der Waals surface area contributed by atoms with Crippen LogP contribution in [-0.2, 0) is 4.79 Å². The summed E-state index contributed by atoms with van der Waals surface area (Å²) in [6.07, 6.45) is 3.94. The summed E-state index contributed by atoms with van der Waals surface area (Å²) in [6, 6.07) is 1.73. The Hall–Kier alpha value is -1.36. The van der Waals surface area contributed by atoms with E-state index in [0.29, 0.717) is 23.9 Å². The molecule has 1 aliphatic heterocycles. The molecule has 2 heterocycles. The minimum absolute atomic E-state index is 0.0298. The number of aromatic nitrogens is 1. The molecular formula is C13H21N3O2. The minimum Gasteiger partial charge on any atom is -0.360 e. The van der Waals surface area contributed by atoms with Gasteiger partial charge in [-0.1, -0.05) is 5.16 Å². The van der Waals surface area contributed by atoms with Crippen LogP contribution in [0.25, 0.3) is 0 Å². The van der Waals surface area contributed by atoms with Gasteiger partial charge >= 0.3 is 0 Å². The molecule has 1 fully saturated rings. The Balaban J connectivity index is 1.68. The molecule has 5 nitrogen and oxygen atoms in total. The molecule has 1 N–H and O–H groups in total. The van der Waals surface area contributed by atoms with Gasteiger partial charge in [-0.05, 0) is 52.2 Å². The average Bonchev–Trinajstić information content (AvgIpc) is 2.74. The molecule has 2 rings (SSSR count). The molecule has 1 aromatic heterocycles. The molecule has 1 amide bonds. The summed E-state index contributed by atoms with van der Waals surface area (Å²) in [4.78, 5) is 14.1. The minimum atomic E-state index is 0.0298. The van der Waals surface area contributed by atoms with E-state index in [1.807, 2.05) is 0 Å². The van der Waals surface area contributed by atoms with Crippen molar-refractivity contribution >= 4 is 11.7 Å². The largest absolute Gasteiger partial charge is 0.360 e. The zero-order valence-electron chi connectivity index (χ0n) is 11.1. The molecule has 5 heteroatoms. The van der Waals surface area contributed by atoms with E-state index in [4.69, 9.17) is 4.52 Å². The quantitative estimate of drug-likeness (QED) is 0.889. The van der Waals surface area contributed by atoms with Crippen molar-refractivity contribution < 1.29 is 9.32 Å². The van der Waals surface area contributed by atoms with Crippen LogP contribution in [0.5, 0.6) is 0 Å². The van der Waals surface area contributed by atoms with Crippen molar-refractivity contribution in [2.75, 3.05) is 25.5 Å². The van der Waals surface area contributed by atoms with E-state index in [1.54, 1.807) is 13.0 Å². The summed E-state index contributed by atoms with van der Waals surface area (Å²) in [5.74, 6) is 1.94. The molecule has 1 aromatic rings. The third-order valence-electron chi connectivity index (χ3n) is 3.51. The van der Waals surface area contributed by atoms with Crippen LogP contribution in [0, 0.1) is 12.8 Å². The number of carbonyl (C=O) groups is 1. The third kappa shape index (κ3) is 3.84. The molecule has 0 aliphatic carbocycles. The Morgan fingerprint density at radius 2 is 2.28 bits per heavy atom. The van der Waals surface area contributed by atoms with Gasteiger partial charge in [0.15, 0.2) is 5.82 Å². The number of likely N-dealkylation sites (tertiary alicyclic amines) is 1. The highest BCUT2D eigenvalue weighted by Crippen LogP contribution is 2.21. The molecule has 0 radical (unpaired) electrons. The molecule has 0 aromatic carbocycles. The zero-order chi connectivity index (χ0) is 13.0. The van der Waals surface area contributed by atoms with Gasteiger partial charge in [0.1, 0.15) is 5.76 Å². The number of nitrogens with one attached hydrogen (secondary N) is 1. The summed E-state index contributed by atoms with van der Waals surface area (Å²) >= 11 is 0. The molecule has 0 unspecified atom stereocenters. The lowest BCUT2D eigenvalue weighted by molar-refractivity contribution is -0.116. The molecule has 0 atom stereocenters. The lowest BCUT2D eigenvalue weighted by atomic mass is 9.92. The van der Waals surface area contributed by atoms with E-state index in [9.17, 15) is 4.79 Å². The van der Waals surface area contributed by atoms with Crippen LogP contribution in [0.2, 0.25) is 0 Å². The van der Waals surface area contributed by atoms with Crippen molar-refractivity contribution in [1.29, 1.82) is 0 Å². The van der Waals surface area contributed by atoms with Gasteiger partial charge in [-0.25, -0.2) is 0 Å². The predicted octanol–water partition coefficient (Wildman–Crippen LogP) is 2.04. The van der Waals surface area contributed by atoms with Crippen LogP contribution in [-0.4, -0.2) is 36.1 Å². The van der Waals surface area contributed by atoms with Gasteiger partial charge in [0, 0.05) is 12.5 Å². The van der Waals surface area contributed by atoms with Crippen LogP contribution in [0.4, 0.5) is 5.82 Å². The van der Waals surface area contributed by atoms with Crippen LogP contribution >= 0.6 is 0 Å². The van der Waals surface area contributed by atoms with Gasteiger partial charge in [0.2, 0.25) is 5.91 Å². The standard InChI is InChI=1S/C13H21N3O2/c1-10-9-12(15-18-10)14-13(17)4-3-11-5-7-16(2)8-6-11/h9,11H,3-8H2,1-2H3,(H,14,15,17). The van der Waals surface area contributed by atoms with Crippen molar-refractivity contribution in [1.82, 2.24) is 10.1 Å². The summed E-state index contributed by atoms with van der Waals surface area (Å²) in [5, 5.41) is 6.50. The lowest BCUT2D eigenvalue weighted by Crippen LogP contribution is -2.30. The smallest absolute Gasteiger partial charge is 0.225 e. The first-order chi connectivity index (χ1) is 8.63. The predicted molar refractivity (Wildman–Crippen MR) is 69.3 cm³/mol. The van der Waals surface area contributed by atoms with E-state index >= 15 is 0 Å². The normalized spacial score (nSPS) is 17.9. The van der Waals surface area contributed by atoms with Gasteiger partial charge in [0.05, 0.1) is 0 Å². The van der Waals surface area contributed by atoms with Crippen molar-refractivity contribution in [3.63, 3.8) is 0 Å². The first kappa shape index (κ1) is 13.1. The summed E-state index contributed by atoms with van der Waals surface area (Å²) in [5.41, 5.74) is 0. The maximum Gasteiger partial charge on any atom is 0.225 e. The van der Waals surface area contributed by atoms with Crippen molar-refractivity contribution in [2.45, 2.75) is 32.6 Å². The van der Waals surface area contributed by atoms with Crippen molar-refractivity contribution in [3.8, 4) is 0 Å². The number of hydrogen-bond donors (Lipinski definition) is 1. The fraction of sp³-hybridized carbons (Fsp3) is 0.692. The fourth-order valence-corrected chi connectivity index (χ4v) is 2.32. The molecule has 0 bridgehead atoms. The number of amides is 1. The highest BCUT2D eigenvalue weighted by molar-refractivity contribution is 5.89. The highest BCUT2D eigenvalue weighted by Gasteiger charge is 2.17. The van der Waals surface area contributed by atoms with Gasteiger partial charge in [0.25, 0.3) is 0 Å². The molecule has 18 heavy (non-hydrogen) atoms. The third-order valence-corrected chi connectivity index (χ3v) is 3.51. The number of nitrogens with zero attached hydrogens (tertiary/aromatic N) is 2. The molecule has 1 aliphatic rings. The number of carbonyl (C=O) groups excluding carboxylic acids is 1. The van der Waals surface area contributed by atoms with Gasteiger partial charge in [-0.2, -0.15) is 0 Å². The number of hydrogen-bond acceptors (Lipinski definition) is 4. The van der Waals surface area contributed by atoms with E-state index in [2.05, 4.69) is 22.4 Å². The summed E-state index contributed by atoms with van der Waals surface area (Å²) < 4.78 is 4.90. The number of piperidine rings is 1. The Morgan fingerprint density at radius 1 is 1.56 bits per heavy atom. The van der Waals surface area contributed by atoms with Crippen LogP contribution in [0.1, 0.15) is 31.4 Å². The zero-order valence-corrected chi connectivity index (χ0v) is 11.1. The Kier molecular flexibility index (Phi) is 4.36. The second kappa shape index (κ2) is 6.00. The molecular weight excluding hydrogens is 230 g/mol. The number of anilines is 1. The summed E-state index contributed by atoms with van der Waals surface area (Å²) in [7, 11) is 2.15. The maximum atomic E-state index is 11.7. The van der Waals surface area contributed by atoms with Crippen LogP contribution in [0.3, 0.4) is 0 Å². The summed E-state index contributed by atoms with van der Waals surface area (Å²) in [6.45, 7) is 4.10. The Bertz CT molecular complexity index is 395. The monoisotopic (exact) mass is 251 g/mol. The highest BCUT2D eigenvalue weighted by atomic mass is 16.5. The van der Waals surface area contributed by atoms with Gasteiger partial charge in [-0.15, -0.1) is 0 Å². The van der Waals surface area contributed by atoms with Gasteiger partial charge < -0.3 is 14.7 Å².